The van der Waals surface area contributed by atoms with E-state index in [0.717, 1.165) is 18.6 Å². The summed E-state index contributed by atoms with van der Waals surface area (Å²) in [5.74, 6) is 1.08. The van der Waals surface area contributed by atoms with Crippen molar-refractivity contribution in [3.8, 4) is 0 Å². The normalized spacial score (nSPS) is 25.0. The fraction of sp³-hybridized carbons (Fsp3) is 0.429. The lowest BCUT2D eigenvalue weighted by Crippen LogP contribution is -2.37. The molecule has 2 rings (SSSR count). The Labute approximate surface area is 97.3 Å². The van der Waals surface area contributed by atoms with Crippen molar-refractivity contribution in [1.29, 1.82) is 0 Å². The van der Waals surface area contributed by atoms with E-state index in [1.807, 2.05) is 0 Å². The molecule has 0 aliphatic carbocycles. The quantitative estimate of drug-likeness (QED) is 0.840. The summed E-state index contributed by atoms with van der Waals surface area (Å²) in [4.78, 5) is 0. The van der Waals surface area contributed by atoms with E-state index in [1.165, 1.54) is 5.56 Å². The van der Waals surface area contributed by atoms with Crippen molar-refractivity contribution >= 4 is 0 Å². The maximum atomic E-state index is 5.38. The highest BCUT2D eigenvalue weighted by molar-refractivity contribution is 5.23. The first-order valence-electron chi connectivity index (χ1n) is 5.90. The number of rotatable bonds is 3. The summed E-state index contributed by atoms with van der Waals surface area (Å²) in [6, 6.07) is 11.4. The second kappa shape index (κ2) is 5.17. The molecule has 0 radical (unpaired) electrons. The van der Waals surface area contributed by atoms with Gasteiger partial charge in [-0.25, -0.2) is 0 Å². The summed E-state index contributed by atoms with van der Waals surface area (Å²) in [5, 5.41) is 3.63. The molecule has 1 aromatic rings. The van der Waals surface area contributed by atoms with Gasteiger partial charge in [0.1, 0.15) is 5.76 Å². The molecule has 1 N–H and O–H groups in total. The average Bonchev–Trinajstić information content (AvgIpc) is 2.39. The summed E-state index contributed by atoms with van der Waals surface area (Å²) in [7, 11) is 1.75. The van der Waals surface area contributed by atoms with Gasteiger partial charge in [0.25, 0.3) is 0 Å². The van der Waals surface area contributed by atoms with Gasteiger partial charge in [0.15, 0.2) is 0 Å². The summed E-state index contributed by atoms with van der Waals surface area (Å²) in [6.45, 7) is 2.18. The highest BCUT2D eigenvalue weighted by Gasteiger charge is 2.23. The number of benzene rings is 1. The minimum atomic E-state index is 0.351. The first-order valence-corrected chi connectivity index (χ1v) is 5.90. The molecule has 0 fully saturated rings. The van der Waals surface area contributed by atoms with E-state index in [-0.39, 0.29) is 0 Å². The maximum Gasteiger partial charge on any atom is 0.109 e. The molecule has 0 amide bonds. The van der Waals surface area contributed by atoms with Crippen LogP contribution in [0.2, 0.25) is 0 Å². The molecular formula is C14H19NO. The van der Waals surface area contributed by atoms with Gasteiger partial charge in [0.2, 0.25) is 0 Å². The molecule has 0 bridgehead atoms. The van der Waals surface area contributed by atoms with Crippen LogP contribution in [0.1, 0.15) is 31.4 Å². The van der Waals surface area contributed by atoms with Gasteiger partial charge in [-0.3, -0.25) is 0 Å². The Morgan fingerprint density at radius 2 is 2.06 bits per heavy atom. The van der Waals surface area contributed by atoms with Gasteiger partial charge in [0.05, 0.1) is 13.2 Å². The third-order valence-electron chi connectivity index (χ3n) is 3.15. The smallest absolute Gasteiger partial charge is 0.109 e. The summed E-state index contributed by atoms with van der Waals surface area (Å²) in [5.41, 5.74) is 1.35. The summed E-state index contributed by atoms with van der Waals surface area (Å²) < 4.78 is 5.38. The van der Waals surface area contributed by atoms with E-state index in [4.69, 9.17) is 4.74 Å². The molecule has 1 heterocycles. The standard InChI is InChI=1S/C14H19NO/c1-3-12-14(16-2)10-9-13(15-12)11-7-5-4-6-8-11/h4-8,10,12-13,15H,3,9H2,1-2H3/t12-,13-/m1/s1. The monoisotopic (exact) mass is 217 g/mol. The Balaban J connectivity index is 2.14. The fourth-order valence-corrected chi connectivity index (χ4v) is 2.23. The lowest BCUT2D eigenvalue weighted by molar-refractivity contribution is 0.226. The van der Waals surface area contributed by atoms with E-state index in [2.05, 4.69) is 48.6 Å². The zero-order chi connectivity index (χ0) is 11.4. The van der Waals surface area contributed by atoms with Crippen molar-refractivity contribution in [2.75, 3.05) is 7.11 Å². The molecule has 1 aromatic carbocycles. The van der Waals surface area contributed by atoms with Crippen molar-refractivity contribution in [3.05, 3.63) is 47.7 Å². The van der Waals surface area contributed by atoms with Gasteiger partial charge in [-0.2, -0.15) is 0 Å². The largest absolute Gasteiger partial charge is 0.500 e. The Bertz CT molecular complexity index is 358. The van der Waals surface area contributed by atoms with E-state index >= 15 is 0 Å². The van der Waals surface area contributed by atoms with Gasteiger partial charge in [-0.15, -0.1) is 0 Å². The van der Waals surface area contributed by atoms with E-state index in [1.54, 1.807) is 7.11 Å². The first kappa shape index (κ1) is 11.2. The molecule has 0 saturated heterocycles. The zero-order valence-electron chi connectivity index (χ0n) is 9.94. The lowest BCUT2D eigenvalue weighted by atomic mass is 9.96. The SMILES string of the molecule is CC[C@H]1N[C@@H](c2ccccc2)CC=C1OC. The Morgan fingerprint density at radius 3 is 2.69 bits per heavy atom. The summed E-state index contributed by atoms with van der Waals surface area (Å²) in [6.07, 6.45) is 4.27. The van der Waals surface area contributed by atoms with Crippen LogP contribution >= 0.6 is 0 Å². The van der Waals surface area contributed by atoms with Crippen LogP contribution in [0.3, 0.4) is 0 Å². The van der Waals surface area contributed by atoms with Crippen molar-refractivity contribution in [1.82, 2.24) is 5.32 Å². The van der Waals surface area contributed by atoms with Crippen molar-refractivity contribution in [2.45, 2.75) is 31.8 Å². The van der Waals surface area contributed by atoms with Crippen LogP contribution in [-0.4, -0.2) is 13.2 Å². The van der Waals surface area contributed by atoms with Crippen LogP contribution in [0.15, 0.2) is 42.2 Å². The van der Waals surface area contributed by atoms with Crippen LogP contribution < -0.4 is 5.32 Å². The molecular weight excluding hydrogens is 198 g/mol. The van der Waals surface area contributed by atoms with E-state index in [9.17, 15) is 0 Å². The van der Waals surface area contributed by atoms with Gasteiger partial charge in [-0.1, -0.05) is 37.3 Å². The second-order valence-corrected chi connectivity index (χ2v) is 4.14. The van der Waals surface area contributed by atoms with Crippen molar-refractivity contribution in [2.24, 2.45) is 0 Å². The van der Waals surface area contributed by atoms with Gasteiger partial charge >= 0.3 is 0 Å². The van der Waals surface area contributed by atoms with Crippen LogP contribution in [0.5, 0.6) is 0 Å². The minimum Gasteiger partial charge on any atom is -0.500 e. The molecule has 2 heteroatoms. The number of hydrogen-bond donors (Lipinski definition) is 1. The topological polar surface area (TPSA) is 21.3 Å². The fourth-order valence-electron chi connectivity index (χ4n) is 2.23. The highest BCUT2D eigenvalue weighted by Crippen LogP contribution is 2.26. The molecule has 2 atom stereocenters. The van der Waals surface area contributed by atoms with E-state index < -0.39 is 0 Å². The Morgan fingerprint density at radius 1 is 1.31 bits per heavy atom. The number of hydrogen-bond acceptors (Lipinski definition) is 2. The minimum absolute atomic E-state index is 0.351. The van der Waals surface area contributed by atoms with Gasteiger partial charge in [0, 0.05) is 6.04 Å². The molecule has 0 saturated carbocycles. The summed E-state index contributed by atoms with van der Waals surface area (Å²) >= 11 is 0. The van der Waals surface area contributed by atoms with Crippen molar-refractivity contribution in [3.63, 3.8) is 0 Å². The van der Waals surface area contributed by atoms with Crippen LogP contribution in [0.25, 0.3) is 0 Å². The molecule has 1 aliphatic heterocycles. The van der Waals surface area contributed by atoms with Crippen LogP contribution in [-0.2, 0) is 4.74 Å². The van der Waals surface area contributed by atoms with Gasteiger partial charge < -0.3 is 10.1 Å². The third-order valence-corrected chi connectivity index (χ3v) is 3.15. The van der Waals surface area contributed by atoms with Crippen LogP contribution in [0.4, 0.5) is 0 Å². The predicted molar refractivity (Wildman–Crippen MR) is 66.1 cm³/mol. The zero-order valence-corrected chi connectivity index (χ0v) is 9.94. The molecule has 0 unspecified atom stereocenters. The first-order chi connectivity index (χ1) is 7.85. The third kappa shape index (κ3) is 2.27. The average molecular weight is 217 g/mol. The van der Waals surface area contributed by atoms with Crippen LogP contribution in [0, 0.1) is 0 Å². The molecule has 2 nitrogen and oxygen atoms in total. The predicted octanol–water partition coefficient (Wildman–Crippen LogP) is 3.03. The number of nitrogens with one attached hydrogen (secondary N) is 1. The maximum absolute atomic E-state index is 5.38. The molecule has 0 aromatic heterocycles. The number of ether oxygens (including phenoxy) is 1. The Hall–Kier alpha value is -1.28. The van der Waals surface area contributed by atoms with Gasteiger partial charge in [-0.05, 0) is 24.5 Å². The molecule has 1 aliphatic rings. The molecule has 86 valence electrons. The second-order valence-electron chi connectivity index (χ2n) is 4.14. The molecule has 0 spiro atoms. The highest BCUT2D eigenvalue weighted by atomic mass is 16.5. The Kier molecular flexibility index (Phi) is 3.62. The lowest BCUT2D eigenvalue weighted by Gasteiger charge is -2.30. The van der Waals surface area contributed by atoms with E-state index in [0.29, 0.717) is 12.1 Å². The molecule has 16 heavy (non-hydrogen) atoms. The van der Waals surface area contributed by atoms with Crippen molar-refractivity contribution < 1.29 is 4.74 Å². The number of methoxy groups -OCH3 is 1.